The molecule has 1 aliphatic heterocycles. The normalized spacial score (nSPS) is 18.1. The summed E-state index contributed by atoms with van der Waals surface area (Å²) in [5.74, 6) is 0.116. The number of hydrogen-bond donors (Lipinski definition) is 4. The van der Waals surface area contributed by atoms with E-state index >= 15 is 0 Å². The van der Waals surface area contributed by atoms with E-state index in [1.165, 1.54) is 12.1 Å². The molecule has 156 valence electrons. The fourth-order valence-electron chi connectivity index (χ4n) is 3.62. The van der Waals surface area contributed by atoms with Gasteiger partial charge in [-0.2, -0.15) is 0 Å². The zero-order valence-electron chi connectivity index (χ0n) is 15.8. The van der Waals surface area contributed by atoms with Gasteiger partial charge >= 0.3 is 0 Å². The Kier molecular flexibility index (Phi) is 8.05. The smallest absolute Gasteiger partial charge is 0.267 e. The zero-order chi connectivity index (χ0) is 18.8. The number of amides is 1. The molecule has 1 aromatic heterocycles. The van der Waals surface area contributed by atoms with Crippen molar-refractivity contribution in [2.24, 2.45) is 11.7 Å². The van der Waals surface area contributed by atoms with Crippen molar-refractivity contribution in [2.45, 2.75) is 12.5 Å². The lowest BCUT2D eigenvalue weighted by molar-refractivity contribution is 0.0946. The van der Waals surface area contributed by atoms with Crippen LogP contribution in [0.4, 0.5) is 4.39 Å². The Balaban J connectivity index is 0.00000150. The molecular formula is C21H25Cl2FN4O. The first-order chi connectivity index (χ1) is 13.1. The first kappa shape index (κ1) is 23.2. The molecule has 1 saturated heterocycles. The van der Waals surface area contributed by atoms with Crippen LogP contribution in [0.5, 0.6) is 0 Å². The first-order valence-corrected chi connectivity index (χ1v) is 9.23. The van der Waals surface area contributed by atoms with Crippen molar-refractivity contribution in [3.63, 3.8) is 0 Å². The predicted molar refractivity (Wildman–Crippen MR) is 119 cm³/mol. The van der Waals surface area contributed by atoms with E-state index in [1.807, 2.05) is 24.3 Å². The Hall–Kier alpha value is -2.12. The topological polar surface area (TPSA) is 82.9 Å². The van der Waals surface area contributed by atoms with Gasteiger partial charge in [-0.25, -0.2) is 4.39 Å². The summed E-state index contributed by atoms with van der Waals surface area (Å²) < 4.78 is 13.1. The number of nitrogens with two attached hydrogens (primary N) is 1. The molecule has 0 aliphatic carbocycles. The summed E-state index contributed by atoms with van der Waals surface area (Å²) in [6, 6.07) is 14.4. The maximum Gasteiger partial charge on any atom is 0.267 e. The average Bonchev–Trinajstić information content (AvgIpc) is 3.32. The van der Waals surface area contributed by atoms with E-state index in [-0.39, 0.29) is 42.6 Å². The Morgan fingerprint density at radius 2 is 1.83 bits per heavy atom. The molecule has 1 unspecified atom stereocenters. The minimum Gasteiger partial charge on any atom is -0.351 e. The number of aromatic nitrogens is 1. The molecule has 1 fully saturated rings. The number of halogens is 3. The highest BCUT2D eigenvalue weighted by molar-refractivity contribution is 5.98. The lowest BCUT2D eigenvalue weighted by Crippen LogP contribution is -2.37. The summed E-state index contributed by atoms with van der Waals surface area (Å²) in [6.45, 7) is 2.18. The largest absolute Gasteiger partial charge is 0.351 e. The molecule has 5 N–H and O–H groups in total. The van der Waals surface area contributed by atoms with Gasteiger partial charge in [0.25, 0.3) is 5.91 Å². The molecular weight excluding hydrogens is 414 g/mol. The first-order valence-electron chi connectivity index (χ1n) is 9.23. The van der Waals surface area contributed by atoms with Crippen LogP contribution >= 0.6 is 24.8 Å². The van der Waals surface area contributed by atoms with E-state index in [0.29, 0.717) is 24.7 Å². The minimum absolute atomic E-state index is 0. The van der Waals surface area contributed by atoms with Crippen molar-refractivity contribution < 1.29 is 9.18 Å². The van der Waals surface area contributed by atoms with Crippen molar-refractivity contribution in [1.82, 2.24) is 15.6 Å². The van der Waals surface area contributed by atoms with Crippen LogP contribution in [0, 0.1) is 11.7 Å². The molecule has 5 nitrogen and oxygen atoms in total. The van der Waals surface area contributed by atoms with Crippen LogP contribution < -0.4 is 16.4 Å². The van der Waals surface area contributed by atoms with Gasteiger partial charge in [0.1, 0.15) is 11.5 Å². The summed E-state index contributed by atoms with van der Waals surface area (Å²) in [4.78, 5) is 15.7. The number of H-pyrrole nitrogens is 1. The highest BCUT2D eigenvalue weighted by atomic mass is 35.5. The molecule has 1 aliphatic rings. The van der Waals surface area contributed by atoms with Gasteiger partial charge in [-0.3, -0.25) is 4.79 Å². The van der Waals surface area contributed by atoms with E-state index in [2.05, 4.69) is 15.6 Å². The van der Waals surface area contributed by atoms with Crippen molar-refractivity contribution in [3.8, 4) is 11.1 Å². The third-order valence-corrected chi connectivity index (χ3v) is 5.20. The highest BCUT2D eigenvalue weighted by Gasteiger charge is 2.23. The quantitative estimate of drug-likeness (QED) is 0.491. The molecule has 1 amide bonds. The van der Waals surface area contributed by atoms with Crippen LogP contribution in [0.2, 0.25) is 0 Å². The molecule has 29 heavy (non-hydrogen) atoms. The molecule has 8 heteroatoms. The molecule has 4 rings (SSSR count). The van der Waals surface area contributed by atoms with Crippen molar-refractivity contribution in [2.75, 3.05) is 19.6 Å². The molecule has 0 saturated carbocycles. The highest BCUT2D eigenvalue weighted by Crippen LogP contribution is 2.25. The number of carbonyl (C=O) groups excluding carboxylic acids is 1. The van der Waals surface area contributed by atoms with Gasteiger partial charge in [-0.1, -0.05) is 24.3 Å². The number of hydrogen-bond acceptors (Lipinski definition) is 3. The molecule has 2 atom stereocenters. The van der Waals surface area contributed by atoms with Gasteiger partial charge in [0.05, 0.1) is 0 Å². The van der Waals surface area contributed by atoms with E-state index in [9.17, 15) is 9.18 Å². The maximum atomic E-state index is 13.1. The standard InChI is InChI=1S/C21H23FN4O.2ClH/c22-17-5-3-14(4-6-17)15-1-2-16-9-20(26-19(16)8-15)21(27)25-12-18-7-13(10-23)11-24-18;;/h1-6,8-9,13,18,24,26H,7,10-12,23H2,(H,25,27);2*1H/t13-,18?;;/m1../s1. The van der Waals surface area contributed by atoms with Gasteiger partial charge in [-0.15, -0.1) is 24.8 Å². The average molecular weight is 439 g/mol. The summed E-state index contributed by atoms with van der Waals surface area (Å²) in [5.41, 5.74) is 9.02. The maximum absolute atomic E-state index is 13.1. The van der Waals surface area contributed by atoms with E-state index in [1.54, 1.807) is 12.1 Å². The monoisotopic (exact) mass is 438 g/mol. The Bertz CT molecular complexity index is 961. The van der Waals surface area contributed by atoms with Gasteiger partial charge in [0.15, 0.2) is 0 Å². The number of aromatic amines is 1. The summed E-state index contributed by atoms with van der Waals surface area (Å²) >= 11 is 0. The van der Waals surface area contributed by atoms with E-state index < -0.39 is 0 Å². The Morgan fingerprint density at radius 1 is 1.10 bits per heavy atom. The summed E-state index contributed by atoms with van der Waals surface area (Å²) in [5, 5.41) is 7.34. The molecule has 2 heterocycles. The van der Waals surface area contributed by atoms with Gasteiger partial charge < -0.3 is 21.4 Å². The van der Waals surface area contributed by atoms with E-state index in [0.717, 1.165) is 35.0 Å². The third kappa shape index (κ3) is 5.28. The van der Waals surface area contributed by atoms with Crippen LogP contribution in [0.3, 0.4) is 0 Å². The number of carbonyl (C=O) groups is 1. The van der Waals surface area contributed by atoms with Crippen molar-refractivity contribution in [1.29, 1.82) is 0 Å². The molecule has 0 spiro atoms. The summed E-state index contributed by atoms with van der Waals surface area (Å²) in [7, 11) is 0. The third-order valence-electron chi connectivity index (χ3n) is 5.20. The minimum atomic E-state index is -0.256. The Morgan fingerprint density at radius 3 is 2.52 bits per heavy atom. The predicted octanol–water partition coefficient (Wildman–Crippen LogP) is 3.48. The number of rotatable bonds is 5. The van der Waals surface area contributed by atoms with Gasteiger partial charge in [0.2, 0.25) is 0 Å². The summed E-state index contributed by atoms with van der Waals surface area (Å²) in [6.07, 6.45) is 0.991. The SMILES string of the molecule is Cl.Cl.NC[C@@H]1CNC(CNC(=O)c2cc3ccc(-c4ccc(F)cc4)cc3[nH]2)C1. The fourth-order valence-corrected chi connectivity index (χ4v) is 3.62. The van der Waals surface area contributed by atoms with Gasteiger partial charge in [0, 0.05) is 23.5 Å². The van der Waals surface area contributed by atoms with Crippen LogP contribution in [-0.2, 0) is 0 Å². The molecule has 0 bridgehead atoms. The number of benzene rings is 2. The second-order valence-electron chi connectivity index (χ2n) is 7.14. The van der Waals surface area contributed by atoms with Crippen LogP contribution in [-0.4, -0.2) is 36.6 Å². The van der Waals surface area contributed by atoms with Crippen molar-refractivity contribution >= 4 is 41.6 Å². The van der Waals surface area contributed by atoms with Gasteiger partial charge in [-0.05, 0) is 60.8 Å². The van der Waals surface area contributed by atoms with E-state index in [4.69, 9.17) is 5.73 Å². The number of fused-ring (bicyclic) bond motifs is 1. The molecule has 0 radical (unpaired) electrons. The van der Waals surface area contributed by atoms with Crippen LogP contribution in [0.1, 0.15) is 16.9 Å². The number of nitrogens with one attached hydrogen (secondary N) is 3. The molecule has 2 aromatic carbocycles. The second-order valence-corrected chi connectivity index (χ2v) is 7.14. The van der Waals surface area contributed by atoms with Crippen LogP contribution in [0.15, 0.2) is 48.5 Å². The second kappa shape index (κ2) is 10.1. The molecule has 3 aromatic rings. The lowest BCUT2D eigenvalue weighted by Gasteiger charge is -2.11. The zero-order valence-corrected chi connectivity index (χ0v) is 17.4. The lowest BCUT2D eigenvalue weighted by atomic mass is 10.0. The fraction of sp³-hybridized carbons (Fsp3) is 0.286. The van der Waals surface area contributed by atoms with Crippen LogP contribution in [0.25, 0.3) is 22.0 Å². The Labute approximate surface area is 181 Å². The van der Waals surface area contributed by atoms with Crippen molar-refractivity contribution in [3.05, 3.63) is 60.0 Å².